The van der Waals surface area contributed by atoms with E-state index < -0.39 is 5.82 Å². The summed E-state index contributed by atoms with van der Waals surface area (Å²) in [5, 5.41) is 0. The molecule has 0 saturated carbocycles. The molecular weight excluding hydrogens is 383 g/mol. The van der Waals surface area contributed by atoms with Gasteiger partial charge in [-0.25, -0.2) is 14.4 Å². The lowest BCUT2D eigenvalue weighted by Gasteiger charge is -2.25. The standard InChI is InChI=1S/C23H21FN4O2/c1-3-27-8-6-15(7-9-27)16-4-5-21-26-19(12-22(29)28(21)13-16)17-10-18(24)23-20(11-17)30-14(2)25-23/h4-6,10-13H,3,7-9H2,1-2H3. The molecule has 0 bridgehead atoms. The molecule has 0 fully saturated rings. The Labute approximate surface area is 172 Å². The van der Waals surface area contributed by atoms with E-state index in [2.05, 4.69) is 27.9 Å². The quantitative estimate of drug-likeness (QED) is 0.515. The molecule has 0 saturated heterocycles. The summed E-state index contributed by atoms with van der Waals surface area (Å²) in [6, 6.07) is 8.25. The molecule has 0 aliphatic carbocycles. The Morgan fingerprint density at radius 2 is 2.03 bits per heavy atom. The first-order valence-corrected chi connectivity index (χ1v) is 10.0. The van der Waals surface area contributed by atoms with E-state index >= 15 is 0 Å². The Morgan fingerprint density at radius 1 is 1.17 bits per heavy atom. The molecule has 4 heterocycles. The van der Waals surface area contributed by atoms with Crippen molar-refractivity contribution >= 4 is 22.3 Å². The minimum absolute atomic E-state index is 0.181. The van der Waals surface area contributed by atoms with Gasteiger partial charge in [0.2, 0.25) is 0 Å². The Kier molecular flexibility index (Phi) is 4.47. The second-order valence-electron chi connectivity index (χ2n) is 7.54. The molecule has 3 aromatic heterocycles. The van der Waals surface area contributed by atoms with Gasteiger partial charge in [-0.2, -0.15) is 0 Å². The lowest BCUT2D eigenvalue weighted by molar-refractivity contribution is 0.318. The van der Waals surface area contributed by atoms with Crippen molar-refractivity contribution in [3.05, 3.63) is 70.2 Å². The number of aryl methyl sites for hydroxylation is 1. The third kappa shape index (κ3) is 3.21. The first-order valence-electron chi connectivity index (χ1n) is 10.0. The highest BCUT2D eigenvalue weighted by atomic mass is 19.1. The zero-order valence-electron chi connectivity index (χ0n) is 16.9. The maximum absolute atomic E-state index is 14.4. The van der Waals surface area contributed by atoms with Crippen molar-refractivity contribution in [2.24, 2.45) is 0 Å². The number of hydrogen-bond acceptors (Lipinski definition) is 5. The Morgan fingerprint density at radius 3 is 2.80 bits per heavy atom. The van der Waals surface area contributed by atoms with E-state index in [1.165, 1.54) is 17.7 Å². The van der Waals surface area contributed by atoms with Crippen LogP contribution in [0.25, 0.3) is 33.6 Å². The molecule has 0 atom stereocenters. The van der Waals surface area contributed by atoms with Gasteiger partial charge in [-0.1, -0.05) is 13.0 Å². The summed E-state index contributed by atoms with van der Waals surface area (Å²) in [4.78, 5) is 23.8. The summed E-state index contributed by atoms with van der Waals surface area (Å²) in [6.45, 7) is 6.80. The number of aromatic nitrogens is 3. The van der Waals surface area contributed by atoms with Crippen LogP contribution in [0.1, 0.15) is 24.8 Å². The van der Waals surface area contributed by atoms with E-state index in [1.54, 1.807) is 17.4 Å². The number of pyridine rings is 1. The van der Waals surface area contributed by atoms with E-state index in [0.717, 1.165) is 31.6 Å². The molecule has 4 aromatic rings. The lowest BCUT2D eigenvalue weighted by Crippen LogP contribution is -2.28. The summed E-state index contributed by atoms with van der Waals surface area (Å²) < 4.78 is 21.4. The van der Waals surface area contributed by atoms with Crippen LogP contribution in [0.2, 0.25) is 0 Å². The van der Waals surface area contributed by atoms with E-state index in [4.69, 9.17) is 4.42 Å². The predicted octanol–water partition coefficient (Wildman–Crippen LogP) is 4.06. The molecule has 30 heavy (non-hydrogen) atoms. The molecule has 6 nitrogen and oxygen atoms in total. The predicted molar refractivity (Wildman–Crippen MR) is 114 cm³/mol. The largest absolute Gasteiger partial charge is 0.441 e. The highest BCUT2D eigenvalue weighted by Gasteiger charge is 2.15. The first-order chi connectivity index (χ1) is 14.5. The van der Waals surface area contributed by atoms with Crippen molar-refractivity contribution in [2.75, 3.05) is 19.6 Å². The van der Waals surface area contributed by atoms with Crippen LogP contribution >= 0.6 is 0 Å². The first kappa shape index (κ1) is 18.7. The molecule has 1 aromatic carbocycles. The van der Waals surface area contributed by atoms with Gasteiger partial charge in [0, 0.05) is 37.8 Å². The highest BCUT2D eigenvalue weighted by molar-refractivity contribution is 5.80. The fourth-order valence-electron chi connectivity index (χ4n) is 3.95. The maximum Gasteiger partial charge on any atom is 0.258 e. The smallest absolute Gasteiger partial charge is 0.258 e. The van der Waals surface area contributed by atoms with Gasteiger partial charge in [-0.3, -0.25) is 14.1 Å². The summed E-state index contributed by atoms with van der Waals surface area (Å²) >= 11 is 0. The molecular formula is C23H21FN4O2. The minimum atomic E-state index is -0.498. The number of rotatable bonds is 3. The van der Waals surface area contributed by atoms with E-state index in [-0.39, 0.29) is 11.1 Å². The topological polar surface area (TPSA) is 63.6 Å². The summed E-state index contributed by atoms with van der Waals surface area (Å²) in [5.41, 5.74) is 3.98. The van der Waals surface area contributed by atoms with Crippen molar-refractivity contribution in [3.63, 3.8) is 0 Å². The number of fused-ring (bicyclic) bond motifs is 2. The molecule has 0 radical (unpaired) electrons. The van der Waals surface area contributed by atoms with Crippen LogP contribution in [-0.2, 0) is 0 Å². The Bertz CT molecular complexity index is 1370. The van der Waals surface area contributed by atoms with Crippen LogP contribution in [-0.4, -0.2) is 38.9 Å². The van der Waals surface area contributed by atoms with Gasteiger partial charge in [-0.05, 0) is 48.4 Å². The zero-order chi connectivity index (χ0) is 20.8. The molecule has 7 heteroatoms. The number of oxazole rings is 1. The van der Waals surface area contributed by atoms with Crippen molar-refractivity contribution < 1.29 is 8.81 Å². The molecule has 0 amide bonds. The Hall–Kier alpha value is -3.32. The van der Waals surface area contributed by atoms with E-state index in [0.29, 0.717) is 28.4 Å². The van der Waals surface area contributed by atoms with Crippen LogP contribution < -0.4 is 5.56 Å². The Balaban J connectivity index is 1.57. The van der Waals surface area contributed by atoms with Gasteiger partial charge in [0.1, 0.15) is 11.2 Å². The second-order valence-corrected chi connectivity index (χ2v) is 7.54. The van der Waals surface area contributed by atoms with Crippen LogP contribution in [0, 0.1) is 12.7 Å². The fourth-order valence-corrected chi connectivity index (χ4v) is 3.95. The maximum atomic E-state index is 14.4. The minimum Gasteiger partial charge on any atom is -0.441 e. The molecule has 5 rings (SSSR count). The lowest BCUT2D eigenvalue weighted by atomic mass is 10.0. The molecule has 1 aliphatic rings. The highest BCUT2D eigenvalue weighted by Crippen LogP contribution is 2.27. The number of hydrogen-bond donors (Lipinski definition) is 0. The normalized spacial score (nSPS) is 15.1. The van der Waals surface area contributed by atoms with Gasteiger partial charge in [0.05, 0.1) is 5.69 Å². The fraction of sp³-hybridized carbons (Fsp3) is 0.261. The van der Waals surface area contributed by atoms with Crippen molar-refractivity contribution in [1.29, 1.82) is 0 Å². The van der Waals surface area contributed by atoms with Gasteiger partial charge in [0.25, 0.3) is 5.56 Å². The van der Waals surface area contributed by atoms with Crippen molar-refractivity contribution in [3.8, 4) is 11.3 Å². The van der Waals surface area contributed by atoms with Crippen LogP contribution in [0.4, 0.5) is 4.39 Å². The summed E-state index contributed by atoms with van der Waals surface area (Å²) in [6.07, 6.45) is 5.01. The average Bonchev–Trinajstić information content (AvgIpc) is 3.14. The summed E-state index contributed by atoms with van der Waals surface area (Å²) in [5.74, 6) is -0.110. The van der Waals surface area contributed by atoms with Crippen molar-refractivity contribution in [2.45, 2.75) is 20.3 Å². The third-order valence-electron chi connectivity index (χ3n) is 5.62. The zero-order valence-corrected chi connectivity index (χ0v) is 16.9. The monoisotopic (exact) mass is 404 g/mol. The molecule has 1 aliphatic heterocycles. The van der Waals surface area contributed by atoms with Gasteiger partial charge in [0.15, 0.2) is 17.3 Å². The molecule has 0 N–H and O–H groups in total. The molecule has 0 spiro atoms. The van der Waals surface area contributed by atoms with Crippen LogP contribution in [0.15, 0.2) is 51.8 Å². The van der Waals surface area contributed by atoms with Crippen LogP contribution in [0.3, 0.4) is 0 Å². The SMILES string of the molecule is CCN1CC=C(c2ccc3nc(-c4cc(F)c5nc(C)oc5c4)cc(=O)n3c2)CC1. The molecule has 0 unspecified atom stereocenters. The second kappa shape index (κ2) is 7.18. The number of benzene rings is 1. The summed E-state index contributed by atoms with van der Waals surface area (Å²) in [7, 11) is 0. The number of nitrogens with zero attached hydrogens (tertiary/aromatic N) is 4. The average molecular weight is 404 g/mol. The molecule has 152 valence electrons. The van der Waals surface area contributed by atoms with Gasteiger partial charge >= 0.3 is 0 Å². The van der Waals surface area contributed by atoms with E-state index in [9.17, 15) is 9.18 Å². The van der Waals surface area contributed by atoms with E-state index in [1.807, 2.05) is 18.3 Å². The third-order valence-corrected chi connectivity index (χ3v) is 5.62. The van der Waals surface area contributed by atoms with Crippen molar-refractivity contribution in [1.82, 2.24) is 19.3 Å². The number of halogens is 1. The number of likely N-dealkylation sites (N-methyl/N-ethyl adjacent to an activating group) is 1. The van der Waals surface area contributed by atoms with Crippen LogP contribution in [0.5, 0.6) is 0 Å². The van der Waals surface area contributed by atoms with Gasteiger partial charge in [-0.15, -0.1) is 0 Å². The van der Waals surface area contributed by atoms with Gasteiger partial charge < -0.3 is 4.42 Å².